The summed E-state index contributed by atoms with van der Waals surface area (Å²) in [6.07, 6.45) is 5.37. The Kier molecular flexibility index (Phi) is 6.08. The van der Waals surface area contributed by atoms with Gasteiger partial charge in [-0.1, -0.05) is 18.2 Å². The molecule has 0 unspecified atom stereocenters. The first kappa shape index (κ1) is 18.6. The van der Waals surface area contributed by atoms with Crippen molar-refractivity contribution in [1.29, 1.82) is 0 Å². The zero-order valence-electron chi connectivity index (χ0n) is 14.3. The van der Waals surface area contributed by atoms with Crippen LogP contribution in [0.2, 0.25) is 0 Å². The van der Waals surface area contributed by atoms with Crippen molar-refractivity contribution in [3.8, 4) is 5.75 Å². The number of phenolic OH excluding ortho intramolecular Hbond substituents is 1. The molecule has 6 heteroatoms. The van der Waals surface area contributed by atoms with E-state index in [9.17, 15) is 9.90 Å². The first-order chi connectivity index (χ1) is 12.6. The third kappa shape index (κ3) is 4.33. The number of carboxylic acid groups (broad SMARTS) is 1. The second-order valence-corrected chi connectivity index (χ2v) is 7.22. The van der Waals surface area contributed by atoms with Gasteiger partial charge in [0.1, 0.15) is 5.75 Å². The molecular weight excluding hydrogens is 352 g/mol. The molecule has 2 aromatic rings. The molecule has 26 heavy (non-hydrogen) atoms. The van der Waals surface area contributed by atoms with Crippen molar-refractivity contribution in [3.63, 3.8) is 0 Å². The summed E-state index contributed by atoms with van der Waals surface area (Å²) in [5.74, 6) is -1.30. The summed E-state index contributed by atoms with van der Waals surface area (Å²) < 4.78 is 12.4. The Morgan fingerprint density at radius 3 is 2.54 bits per heavy atom. The van der Waals surface area contributed by atoms with Gasteiger partial charge in [0, 0.05) is 17.9 Å². The fourth-order valence-corrected chi connectivity index (χ4v) is 3.76. The number of carbonyl (C=O) groups is 1. The Balaban J connectivity index is 1.66. The lowest BCUT2D eigenvalue weighted by molar-refractivity contribution is -0.265. The Morgan fingerprint density at radius 1 is 1.19 bits per heavy atom. The van der Waals surface area contributed by atoms with Gasteiger partial charge >= 0.3 is 5.97 Å². The van der Waals surface area contributed by atoms with E-state index in [-0.39, 0.29) is 18.1 Å². The maximum absolute atomic E-state index is 10.5. The summed E-state index contributed by atoms with van der Waals surface area (Å²) in [5, 5.41) is 20.2. The lowest BCUT2D eigenvalue weighted by atomic mass is 9.99. The lowest BCUT2D eigenvalue weighted by Gasteiger charge is -2.39. The number of allylic oxidation sites excluding steroid dienone is 2. The fraction of sp³-hybridized carbons (Fsp3) is 0.350. The Bertz CT molecular complexity index is 728. The molecule has 0 spiro atoms. The lowest BCUT2D eigenvalue weighted by Crippen LogP contribution is -2.42. The van der Waals surface area contributed by atoms with Crippen molar-refractivity contribution in [2.75, 3.05) is 13.2 Å². The van der Waals surface area contributed by atoms with Gasteiger partial charge in [-0.3, -0.25) is 4.79 Å². The van der Waals surface area contributed by atoms with Crippen LogP contribution in [0.15, 0.2) is 53.9 Å². The topological polar surface area (TPSA) is 76.0 Å². The van der Waals surface area contributed by atoms with Gasteiger partial charge < -0.3 is 19.7 Å². The monoisotopic (exact) mass is 374 g/mol. The van der Waals surface area contributed by atoms with Crippen LogP contribution in [-0.2, 0) is 20.1 Å². The Labute approximate surface area is 156 Å². The largest absolute Gasteiger partial charge is 0.508 e. The molecule has 2 heterocycles. The zero-order valence-corrected chi connectivity index (χ0v) is 15.2. The van der Waals surface area contributed by atoms with E-state index in [0.29, 0.717) is 19.6 Å². The van der Waals surface area contributed by atoms with E-state index in [1.807, 2.05) is 41.8 Å². The molecule has 0 aliphatic carbocycles. The molecule has 2 N–H and O–H groups in total. The van der Waals surface area contributed by atoms with E-state index in [1.165, 1.54) is 0 Å². The zero-order chi connectivity index (χ0) is 18.4. The van der Waals surface area contributed by atoms with Crippen LogP contribution >= 0.6 is 11.3 Å². The second kappa shape index (κ2) is 8.49. The average Bonchev–Trinajstić information content (AvgIpc) is 3.18. The maximum atomic E-state index is 10.5. The number of hydrogen-bond donors (Lipinski definition) is 2. The number of phenols is 1. The van der Waals surface area contributed by atoms with E-state index >= 15 is 0 Å². The van der Waals surface area contributed by atoms with E-state index in [4.69, 9.17) is 14.6 Å². The summed E-state index contributed by atoms with van der Waals surface area (Å²) in [4.78, 5) is 11.5. The van der Waals surface area contributed by atoms with Gasteiger partial charge in [0.05, 0.1) is 18.1 Å². The first-order valence-corrected chi connectivity index (χ1v) is 9.46. The molecule has 138 valence electrons. The first-order valence-electron chi connectivity index (χ1n) is 8.58. The fourth-order valence-electron chi connectivity index (χ4n) is 2.91. The van der Waals surface area contributed by atoms with Gasteiger partial charge in [-0.05, 0) is 48.6 Å². The molecule has 0 amide bonds. The van der Waals surface area contributed by atoms with Crippen molar-refractivity contribution in [1.82, 2.24) is 0 Å². The third-order valence-corrected chi connectivity index (χ3v) is 5.25. The molecular formula is C20H22O5S. The van der Waals surface area contributed by atoms with Gasteiger partial charge in [0.2, 0.25) is 5.79 Å². The van der Waals surface area contributed by atoms with Crippen molar-refractivity contribution in [2.24, 2.45) is 5.92 Å². The number of carboxylic acids is 1. The minimum absolute atomic E-state index is 0.149. The van der Waals surface area contributed by atoms with Gasteiger partial charge in [-0.25, -0.2) is 0 Å². The minimum atomic E-state index is -0.939. The van der Waals surface area contributed by atoms with Gasteiger partial charge in [-0.15, -0.1) is 11.3 Å². The van der Waals surface area contributed by atoms with Gasteiger partial charge in [0.25, 0.3) is 0 Å². The highest BCUT2D eigenvalue weighted by Gasteiger charge is 2.42. The van der Waals surface area contributed by atoms with Gasteiger partial charge in [0.15, 0.2) is 0 Å². The van der Waals surface area contributed by atoms with E-state index in [0.717, 1.165) is 16.9 Å². The van der Waals surface area contributed by atoms with Crippen LogP contribution in [0.25, 0.3) is 0 Å². The molecule has 1 fully saturated rings. The van der Waals surface area contributed by atoms with Crippen LogP contribution in [0.1, 0.15) is 29.7 Å². The van der Waals surface area contributed by atoms with Crippen molar-refractivity contribution < 1.29 is 24.5 Å². The predicted octanol–water partition coefficient (Wildman–Crippen LogP) is 4.13. The van der Waals surface area contributed by atoms with Crippen LogP contribution in [-0.4, -0.2) is 29.4 Å². The summed E-state index contributed by atoms with van der Waals surface area (Å²) in [5.41, 5.74) is 0.855. The highest BCUT2D eigenvalue weighted by Crippen LogP contribution is 2.41. The molecule has 0 atom stereocenters. The number of aliphatic carboxylic acids is 1. The summed E-state index contributed by atoms with van der Waals surface area (Å²) in [6.45, 7) is 1.09. The smallest absolute Gasteiger partial charge is 0.303 e. The number of benzene rings is 1. The van der Waals surface area contributed by atoms with Crippen molar-refractivity contribution in [2.45, 2.75) is 25.0 Å². The molecule has 0 radical (unpaired) electrons. The molecule has 1 saturated heterocycles. The number of thiophene rings is 1. The van der Waals surface area contributed by atoms with Gasteiger partial charge in [-0.2, -0.15) is 0 Å². The van der Waals surface area contributed by atoms with E-state index in [2.05, 4.69) is 0 Å². The molecule has 1 aliphatic heterocycles. The molecule has 3 rings (SSSR count). The predicted molar refractivity (Wildman–Crippen MR) is 99.2 cm³/mol. The molecule has 0 bridgehead atoms. The van der Waals surface area contributed by atoms with Crippen LogP contribution in [0.3, 0.4) is 0 Å². The number of ether oxygens (including phenoxy) is 2. The number of aromatic hydroxyl groups is 1. The third-order valence-electron chi connectivity index (χ3n) is 4.30. The van der Waals surface area contributed by atoms with Crippen molar-refractivity contribution >= 4 is 17.3 Å². The number of hydrogen-bond acceptors (Lipinski definition) is 5. The Morgan fingerprint density at radius 2 is 1.92 bits per heavy atom. The summed E-state index contributed by atoms with van der Waals surface area (Å²) in [6, 6.07) is 10.9. The standard InChI is InChI=1S/C20H22O5S/c21-17-10-8-16(9-11-17)20(18-6-4-12-26-18)24-13-15(14-25-20)5-2-1-3-7-19(22)23/h1-2,4,6,8-12,15,21H,3,5,7,13-14H2,(H,22,23)/b2-1-. The van der Waals surface area contributed by atoms with Crippen molar-refractivity contribution in [3.05, 3.63) is 64.4 Å². The summed E-state index contributed by atoms with van der Waals surface area (Å²) in [7, 11) is 0. The minimum Gasteiger partial charge on any atom is -0.508 e. The molecule has 1 aromatic carbocycles. The summed E-state index contributed by atoms with van der Waals surface area (Å²) >= 11 is 1.57. The van der Waals surface area contributed by atoms with Crippen LogP contribution in [0.5, 0.6) is 5.75 Å². The number of rotatable bonds is 7. The maximum Gasteiger partial charge on any atom is 0.303 e. The van der Waals surface area contributed by atoms with Crippen LogP contribution < -0.4 is 0 Å². The molecule has 1 aromatic heterocycles. The van der Waals surface area contributed by atoms with Crippen LogP contribution in [0.4, 0.5) is 0 Å². The van der Waals surface area contributed by atoms with Crippen LogP contribution in [0, 0.1) is 5.92 Å². The highest BCUT2D eigenvalue weighted by molar-refractivity contribution is 7.10. The van der Waals surface area contributed by atoms with E-state index in [1.54, 1.807) is 23.5 Å². The second-order valence-electron chi connectivity index (χ2n) is 6.27. The SMILES string of the molecule is O=C(O)CC/C=C\CC1COC(c2ccc(O)cc2)(c2cccs2)OC1. The normalized spacial score (nSPS) is 23.3. The molecule has 1 aliphatic rings. The average molecular weight is 374 g/mol. The molecule has 0 saturated carbocycles. The Hall–Kier alpha value is -2.15. The molecule has 5 nitrogen and oxygen atoms in total. The van der Waals surface area contributed by atoms with E-state index < -0.39 is 11.8 Å². The highest BCUT2D eigenvalue weighted by atomic mass is 32.1. The quantitative estimate of drug-likeness (QED) is 0.713.